The van der Waals surface area contributed by atoms with Gasteiger partial charge in [0.25, 0.3) is 5.91 Å². The molecule has 0 radical (unpaired) electrons. The standard InChI is InChI=1S/C25H22F5N7O4S/c1-41-24-16(6-14(8-32-24)20-7-17(25(28,29)30)21-22(31)33-12-34-37(20)21)23(38)35-19-10-36(9-18(19)27)42(39,40)11-13-3-2-4-15(26)5-13/h2-8,12,18-19H,9-11H2,1H3,(H,35,38)(H2,31,33,34)/t18-,19+/m0/s1. The lowest BCUT2D eigenvalue weighted by Gasteiger charge is -2.17. The number of alkyl halides is 4. The van der Waals surface area contributed by atoms with Crippen molar-refractivity contribution in [3.8, 4) is 17.1 Å². The van der Waals surface area contributed by atoms with Crippen molar-refractivity contribution in [2.24, 2.45) is 0 Å². The molecule has 0 saturated carbocycles. The maximum absolute atomic E-state index is 14.9. The topological polar surface area (TPSA) is 145 Å². The van der Waals surface area contributed by atoms with Crippen molar-refractivity contribution in [2.75, 3.05) is 25.9 Å². The maximum Gasteiger partial charge on any atom is 0.418 e. The van der Waals surface area contributed by atoms with Crippen molar-refractivity contribution in [3.63, 3.8) is 0 Å². The largest absolute Gasteiger partial charge is 0.480 e. The predicted molar refractivity (Wildman–Crippen MR) is 139 cm³/mol. The lowest BCUT2D eigenvalue weighted by molar-refractivity contribution is -0.136. The van der Waals surface area contributed by atoms with Crippen LogP contribution in [-0.4, -0.2) is 70.6 Å². The van der Waals surface area contributed by atoms with Crippen molar-refractivity contribution in [3.05, 3.63) is 71.4 Å². The molecule has 42 heavy (non-hydrogen) atoms. The molecular weight excluding hydrogens is 589 g/mol. The molecule has 1 amide bonds. The Bertz CT molecular complexity index is 1780. The fourth-order valence-electron chi connectivity index (χ4n) is 4.68. The Kier molecular flexibility index (Phi) is 7.48. The molecule has 11 nitrogen and oxygen atoms in total. The van der Waals surface area contributed by atoms with Crippen LogP contribution >= 0.6 is 0 Å². The van der Waals surface area contributed by atoms with E-state index in [1.54, 1.807) is 0 Å². The van der Waals surface area contributed by atoms with Gasteiger partial charge in [-0.25, -0.2) is 31.7 Å². The molecule has 3 aromatic heterocycles. The van der Waals surface area contributed by atoms with Gasteiger partial charge in [-0.05, 0) is 29.8 Å². The summed E-state index contributed by atoms with van der Waals surface area (Å²) in [6, 6.07) is 5.67. The number of pyridine rings is 1. The molecular formula is C25H22F5N7O4S. The highest BCUT2D eigenvalue weighted by Crippen LogP contribution is 2.39. The number of hydrogen-bond donors (Lipinski definition) is 2. The molecule has 1 fully saturated rings. The van der Waals surface area contributed by atoms with Crippen LogP contribution in [0, 0.1) is 5.82 Å². The molecule has 1 aliphatic rings. The number of amides is 1. The van der Waals surface area contributed by atoms with Crippen LogP contribution in [-0.2, 0) is 22.0 Å². The zero-order chi connectivity index (χ0) is 30.4. The molecule has 1 saturated heterocycles. The summed E-state index contributed by atoms with van der Waals surface area (Å²) in [6.45, 7) is -0.954. The van der Waals surface area contributed by atoms with Gasteiger partial charge in [-0.15, -0.1) is 0 Å². The van der Waals surface area contributed by atoms with Crippen molar-refractivity contribution in [2.45, 2.75) is 24.1 Å². The zero-order valence-electron chi connectivity index (χ0n) is 21.6. The van der Waals surface area contributed by atoms with Crippen LogP contribution < -0.4 is 15.8 Å². The molecule has 4 heterocycles. The van der Waals surface area contributed by atoms with Gasteiger partial charge in [-0.2, -0.15) is 22.6 Å². The summed E-state index contributed by atoms with van der Waals surface area (Å²) in [5, 5.41) is 6.28. The number of ether oxygens (including phenoxy) is 1. The predicted octanol–water partition coefficient (Wildman–Crippen LogP) is 2.82. The Morgan fingerprint density at radius 2 is 1.95 bits per heavy atom. The number of rotatable bonds is 7. The van der Waals surface area contributed by atoms with Crippen LogP contribution in [0.2, 0.25) is 0 Å². The van der Waals surface area contributed by atoms with Crippen LogP contribution in [0.15, 0.2) is 48.9 Å². The molecule has 0 aliphatic carbocycles. The summed E-state index contributed by atoms with van der Waals surface area (Å²) in [4.78, 5) is 20.9. The van der Waals surface area contributed by atoms with E-state index in [2.05, 4.69) is 20.4 Å². The number of anilines is 1. The summed E-state index contributed by atoms with van der Waals surface area (Å²) in [6.07, 6.45) is -4.47. The molecule has 5 rings (SSSR count). The number of sulfonamides is 1. The zero-order valence-corrected chi connectivity index (χ0v) is 22.5. The van der Waals surface area contributed by atoms with Crippen molar-refractivity contribution in [1.29, 1.82) is 0 Å². The fourth-order valence-corrected chi connectivity index (χ4v) is 6.22. The monoisotopic (exact) mass is 611 g/mol. The van der Waals surface area contributed by atoms with Gasteiger partial charge in [0.15, 0.2) is 5.82 Å². The smallest absolute Gasteiger partial charge is 0.418 e. The number of methoxy groups -OCH3 is 1. The number of carbonyl (C=O) groups is 1. The Morgan fingerprint density at radius 1 is 1.19 bits per heavy atom. The minimum absolute atomic E-state index is 0.0204. The Labute approximate surface area is 235 Å². The van der Waals surface area contributed by atoms with Crippen LogP contribution in [0.5, 0.6) is 5.88 Å². The van der Waals surface area contributed by atoms with Crippen LogP contribution in [0.4, 0.5) is 27.8 Å². The van der Waals surface area contributed by atoms with E-state index in [0.717, 1.165) is 39.5 Å². The summed E-state index contributed by atoms with van der Waals surface area (Å²) in [7, 11) is -2.86. The average Bonchev–Trinajstić information content (AvgIpc) is 3.50. The molecule has 17 heteroatoms. The third-order valence-electron chi connectivity index (χ3n) is 6.64. The molecule has 222 valence electrons. The average molecular weight is 612 g/mol. The second-order valence-corrected chi connectivity index (χ2v) is 11.4. The van der Waals surface area contributed by atoms with Gasteiger partial charge >= 0.3 is 6.18 Å². The SMILES string of the molecule is COc1ncc(-c2cc(C(F)(F)F)c3c(N)ncnn23)cc1C(=O)N[C@@H]1CN(S(=O)(=O)Cc2cccc(F)c2)C[C@@H]1F. The second kappa shape index (κ2) is 10.8. The van der Waals surface area contributed by atoms with E-state index in [1.165, 1.54) is 25.3 Å². The number of halogens is 5. The summed E-state index contributed by atoms with van der Waals surface area (Å²) in [5.41, 5.74) is 3.91. The van der Waals surface area contributed by atoms with Crippen molar-refractivity contribution >= 4 is 27.3 Å². The molecule has 3 N–H and O–H groups in total. The number of aromatic nitrogens is 4. The molecule has 0 bridgehead atoms. The Balaban J connectivity index is 1.41. The van der Waals surface area contributed by atoms with Gasteiger partial charge < -0.3 is 15.8 Å². The van der Waals surface area contributed by atoms with E-state index < -0.39 is 75.9 Å². The minimum Gasteiger partial charge on any atom is -0.480 e. The molecule has 1 aliphatic heterocycles. The van der Waals surface area contributed by atoms with Crippen LogP contribution in [0.1, 0.15) is 21.5 Å². The van der Waals surface area contributed by atoms with Gasteiger partial charge in [-0.3, -0.25) is 4.79 Å². The van der Waals surface area contributed by atoms with E-state index in [4.69, 9.17) is 10.5 Å². The minimum atomic E-state index is -4.80. The van der Waals surface area contributed by atoms with Crippen LogP contribution in [0.25, 0.3) is 16.8 Å². The molecule has 0 spiro atoms. The first-order valence-corrected chi connectivity index (χ1v) is 13.8. The lowest BCUT2D eigenvalue weighted by Crippen LogP contribution is -2.42. The van der Waals surface area contributed by atoms with Crippen LogP contribution in [0.3, 0.4) is 0 Å². The highest BCUT2D eigenvalue weighted by molar-refractivity contribution is 7.88. The number of benzene rings is 1. The number of hydrogen-bond acceptors (Lipinski definition) is 8. The number of nitrogens with one attached hydrogen (secondary N) is 1. The summed E-state index contributed by atoms with van der Waals surface area (Å²) in [5.74, 6) is -2.75. The molecule has 1 aromatic carbocycles. The van der Waals surface area contributed by atoms with E-state index in [-0.39, 0.29) is 28.3 Å². The number of fused-ring (bicyclic) bond motifs is 1. The summed E-state index contributed by atoms with van der Waals surface area (Å²) >= 11 is 0. The lowest BCUT2D eigenvalue weighted by atomic mass is 10.1. The molecule has 2 atom stereocenters. The third kappa shape index (κ3) is 5.56. The fraction of sp³-hybridized carbons (Fsp3) is 0.280. The second-order valence-electron chi connectivity index (χ2n) is 9.43. The Morgan fingerprint density at radius 3 is 2.64 bits per heavy atom. The first-order chi connectivity index (χ1) is 19.8. The number of nitrogen functional groups attached to an aromatic ring is 1. The number of nitrogens with zero attached hydrogens (tertiary/aromatic N) is 5. The maximum atomic E-state index is 14.9. The normalized spacial score (nSPS) is 18.0. The van der Waals surface area contributed by atoms with Crippen molar-refractivity contribution < 1.29 is 39.9 Å². The van der Waals surface area contributed by atoms with Crippen molar-refractivity contribution in [1.82, 2.24) is 29.2 Å². The van der Waals surface area contributed by atoms with E-state index >= 15 is 0 Å². The molecule has 4 aromatic rings. The quantitative estimate of drug-likeness (QED) is 0.304. The number of carbonyl (C=O) groups excluding carboxylic acids is 1. The summed E-state index contributed by atoms with van der Waals surface area (Å²) < 4.78 is 102. The molecule has 0 unspecified atom stereocenters. The van der Waals surface area contributed by atoms with Gasteiger partial charge in [0.1, 0.15) is 29.4 Å². The van der Waals surface area contributed by atoms with E-state index in [9.17, 15) is 35.2 Å². The Hall–Kier alpha value is -4.38. The highest BCUT2D eigenvalue weighted by atomic mass is 32.2. The van der Waals surface area contributed by atoms with Gasteiger partial charge in [0.05, 0.1) is 30.2 Å². The highest BCUT2D eigenvalue weighted by Gasteiger charge is 2.40. The number of nitrogens with two attached hydrogens (primary N) is 1. The van der Waals surface area contributed by atoms with Gasteiger partial charge in [0.2, 0.25) is 15.9 Å². The van der Waals surface area contributed by atoms with Gasteiger partial charge in [-0.1, -0.05) is 12.1 Å². The van der Waals surface area contributed by atoms with E-state index in [0.29, 0.717) is 0 Å². The van der Waals surface area contributed by atoms with Gasteiger partial charge in [0, 0.05) is 24.8 Å². The van der Waals surface area contributed by atoms with E-state index in [1.807, 2.05) is 0 Å². The first-order valence-electron chi connectivity index (χ1n) is 12.2. The first kappa shape index (κ1) is 29.1. The third-order valence-corrected chi connectivity index (χ3v) is 8.42.